The zero-order valence-corrected chi connectivity index (χ0v) is 12.7. The van der Waals surface area contributed by atoms with Crippen LogP contribution in [0.4, 0.5) is 0 Å². The number of likely N-dealkylation sites (N-methyl/N-ethyl adjacent to an activating group) is 1. The van der Waals surface area contributed by atoms with Gasteiger partial charge in [-0.15, -0.1) is 11.8 Å². The van der Waals surface area contributed by atoms with Crippen LogP contribution < -0.4 is 0 Å². The van der Waals surface area contributed by atoms with E-state index < -0.39 is 0 Å². The number of benzene rings is 2. The highest BCUT2D eigenvalue weighted by molar-refractivity contribution is 8.00. The highest BCUT2D eigenvalue weighted by Crippen LogP contribution is 2.38. The molecule has 0 aliphatic carbocycles. The summed E-state index contributed by atoms with van der Waals surface area (Å²) < 4.78 is 0. The van der Waals surface area contributed by atoms with Crippen LogP contribution in [0.25, 0.3) is 0 Å². The van der Waals surface area contributed by atoms with Gasteiger partial charge in [0.2, 0.25) is 0 Å². The third kappa shape index (κ3) is 3.25. The predicted molar refractivity (Wildman–Crippen MR) is 87.4 cm³/mol. The molecule has 2 heteroatoms. The molecule has 2 aromatic rings. The van der Waals surface area contributed by atoms with Crippen LogP contribution in [-0.4, -0.2) is 30.3 Å². The number of thioether (sulfide) groups is 1. The lowest BCUT2D eigenvalue weighted by Gasteiger charge is -2.36. The molecule has 0 spiro atoms. The summed E-state index contributed by atoms with van der Waals surface area (Å²) >= 11 is 2.04. The van der Waals surface area contributed by atoms with E-state index in [1.165, 1.54) is 23.4 Å². The van der Waals surface area contributed by atoms with Gasteiger partial charge in [0, 0.05) is 22.6 Å². The van der Waals surface area contributed by atoms with E-state index in [9.17, 15) is 0 Å². The monoisotopic (exact) mass is 283 g/mol. The minimum atomic E-state index is 0.625. The summed E-state index contributed by atoms with van der Waals surface area (Å²) in [6.07, 6.45) is 1.26. The smallest absolute Gasteiger partial charge is 0.0187 e. The molecule has 2 atom stereocenters. The first-order chi connectivity index (χ1) is 9.83. The van der Waals surface area contributed by atoms with Crippen molar-refractivity contribution in [3.63, 3.8) is 0 Å². The second-order valence-electron chi connectivity index (χ2n) is 5.54. The Bertz CT molecular complexity index is 526. The molecule has 0 radical (unpaired) electrons. The highest BCUT2D eigenvalue weighted by Gasteiger charge is 2.29. The van der Waals surface area contributed by atoms with Gasteiger partial charge in [0.05, 0.1) is 0 Å². The van der Waals surface area contributed by atoms with Crippen molar-refractivity contribution < 1.29 is 0 Å². The Morgan fingerprint density at radius 1 is 0.950 bits per heavy atom. The Morgan fingerprint density at radius 3 is 2.30 bits per heavy atom. The Hall–Kier alpha value is -1.25. The topological polar surface area (TPSA) is 3.24 Å². The highest BCUT2D eigenvalue weighted by atomic mass is 32.2. The molecule has 0 amide bonds. The molecule has 3 rings (SSSR count). The number of hydrogen-bond donors (Lipinski definition) is 0. The van der Waals surface area contributed by atoms with E-state index in [0.717, 1.165) is 6.54 Å². The van der Waals surface area contributed by atoms with Crippen LogP contribution in [0.2, 0.25) is 0 Å². The van der Waals surface area contributed by atoms with Crippen molar-refractivity contribution in [3.8, 4) is 0 Å². The predicted octanol–water partition coefficient (Wildman–Crippen LogP) is 4.27. The van der Waals surface area contributed by atoms with Gasteiger partial charge in [-0.2, -0.15) is 0 Å². The number of hydrogen-bond acceptors (Lipinski definition) is 2. The minimum absolute atomic E-state index is 0.625. The zero-order chi connectivity index (χ0) is 13.8. The van der Waals surface area contributed by atoms with E-state index >= 15 is 0 Å². The second-order valence-corrected chi connectivity index (χ2v) is 6.85. The van der Waals surface area contributed by atoms with Crippen molar-refractivity contribution in [1.82, 2.24) is 4.90 Å². The first kappa shape index (κ1) is 13.7. The molecule has 0 unspecified atom stereocenters. The Balaban J connectivity index is 1.80. The van der Waals surface area contributed by atoms with E-state index in [1.807, 2.05) is 11.8 Å². The fourth-order valence-corrected chi connectivity index (χ4v) is 4.22. The van der Waals surface area contributed by atoms with Gasteiger partial charge in [0.15, 0.2) is 0 Å². The molecule has 20 heavy (non-hydrogen) atoms. The van der Waals surface area contributed by atoms with Crippen LogP contribution in [0.3, 0.4) is 0 Å². The minimum Gasteiger partial charge on any atom is -0.306 e. The molecule has 1 nitrogen and oxygen atoms in total. The van der Waals surface area contributed by atoms with Gasteiger partial charge in [-0.25, -0.2) is 0 Å². The Kier molecular flexibility index (Phi) is 4.44. The second kappa shape index (κ2) is 6.47. The molecular formula is C18H21NS. The summed E-state index contributed by atoms with van der Waals surface area (Å²) in [5.41, 5.74) is 1.48. The van der Waals surface area contributed by atoms with Crippen LogP contribution in [0.1, 0.15) is 17.9 Å². The third-order valence-electron chi connectivity index (χ3n) is 4.01. The molecule has 1 aliphatic heterocycles. The van der Waals surface area contributed by atoms with Gasteiger partial charge in [0.25, 0.3) is 0 Å². The summed E-state index contributed by atoms with van der Waals surface area (Å²) in [6.45, 7) is 2.36. The van der Waals surface area contributed by atoms with Crippen LogP contribution in [0.15, 0.2) is 65.6 Å². The standard InChI is InChI=1S/C18H21NS/c1-19-13-12-18(20-16-10-6-3-7-11-16)17(14-19)15-8-4-2-5-9-15/h2-11,17-18H,12-14H2,1H3/t17-,18+/m0/s1. The first-order valence-corrected chi connectivity index (χ1v) is 8.16. The lowest BCUT2D eigenvalue weighted by atomic mass is 9.90. The van der Waals surface area contributed by atoms with Crippen molar-refractivity contribution >= 4 is 11.8 Å². The normalized spacial score (nSPS) is 23.6. The zero-order valence-electron chi connectivity index (χ0n) is 11.9. The maximum atomic E-state index is 2.46. The molecule has 0 saturated carbocycles. The third-order valence-corrected chi connectivity index (χ3v) is 5.42. The number of nitrogens with zero attached hydrogens (tertiary/aromatic N) is 1. The fraction of sp³-hybridized carbons (Fsp3) is 0.333. The van der Waals surface area contributed by atoms with Gasteiger partial charge in [-0.05, 0) is 37.7 Å². The number of piperidine rings is 1. The van der Waals surface area contributed by atoms with E-state index in [4.69, 9.17) is 0 Å². The molecule has 1 aliphatic rings. The molecule has 1 fully saturated rings. The molecular weight excluding hydrogens is 262 g/mol. The molecule has 0 N–H and O–H groups in total. The molecule has 1 heterocycles. The van der Waals surface area contributed by atoms with Gasteiger partial charge in [-0.1, -0.05) is 48.5 Å². The number of likely N-dealkylation sites (tertiary alicyclic amines) is 1. The summed E-state index contributed by atoms with van der Waals surface area (Å²) in [6, 6.07) is 21.8. The van der Waals surface area contributed by atoms with Crippen molar-refractivity contribution in [2.75, 3.05) is 20.1 Å². The van der Waals surface area contributed by atoms with Gasteiger partial charge in [0.1, 0.15) is 0 Å². The van der Waals surface area contributed by atoms with Crippen molar-refractivity contribution in [2.45, 2.75) is 22.5 Å². The average molecular weight is 283 g/mol. The summed E-state index contributed by atoms with van der Waals surface area (Å²) in [5, 5.41) is 0.677. The van der Waals surface area contributed by atoms with Gasteiger partial charge >= 0.3 is 0 Å². The van der Waals surface area contributed by atoms with E-state index in [-0.39, 0.29) is 0 Å². The van der Waals surface area contributed by atoms with Crippen molar-refractivity contribution in [3.05, 3.63) is 66.2 Å². The van der Waals surface area contributed by atoms with Crippen LogP contribution >= 0.6 is 11.8 Å². The van der Waals surface area contributed by atoms with Crippen LogP contribution in [-0.2, 0) is 0 Å². The van der Waals surface area contributed by atoms with Crippen LogP contribution in [0, 0.1) is 0 Å². The van der Waals surface area contributed by atoms with E-state index in [2.05, 4.69) is 72.6 Å². The Morgan fingerprint density at radius 2 is 1.60 bits per heavy atom. The Labute approximate surface area is 126 Å². The summed E-state index contributed by atoms with van der Waals surface area (Å²) in [4.78, 5) is 3.85. The lowest BCUT2D eigenvalue weighted by molar-refractivity contribution is 0.256. The van der Waals surface area contributed by atoms with Crippen LogP contribution in [0.5, 0.6) is 0 Å². The number of rotatable bonds is 3. The van der Waals surface area contributed by atoms with Crippen molar-refractivity contribution in [2.24, 2.45) is 0 Å². The van der Waals surface area contributed by atoms with Gasteiger partial charge in [-0.3, -0.25) is 0 Å². The van der Waals surface area contributed by atoms with Crippen molar-refractivity contribution in [1.29, 1.82) is 0 Å². The first-order valence-electron chi connectivity index (χ1n) is 7.28. The quantitative estimate of drug-likeness (QED) is 0.827. The molecule has 104 valence electrons. The molecule has 0 aromatic heterocycles. The maximum absolute atomic E-state index is 2.46. The summed E-state index contributed by atoms with van der Waals surface area (Å²) in [7, 11) is 2.24. The molecule has 0 bridgehead atoms. The SMILES string of the molecule is CN1CC[C@@H](Sc2ccccc2)[C@H](c2ccccc2)C1. The largest absolute Gasteiger partial charge is 0.306 e. The maximum Gasteiger partial charge on any atom is 0.0187 e. The fourth-order valence-electron chi connectivity index (χ4n) is 2.93. The lowest BCUT2D eigenvalue weighted by Crippen LogP contribution is -2.38. The molecule has 2 aromatic carbocycles. The van der Waals surface area contributed by atoms with E-state index in [0.29, 0.717) is 11.2 Å². The average Bonchev–Trinajstić information content (AvgIpc) is 2.51. The van der Waals surface area contributed by atoms with E-state index in [1.54, 1.807) is 0 Å². The molecule has 1 saturated heterocycles. The van der Waals surface area contributed by atoms with Gasteiger partial charge < -0.3 is 4.90 Å². The summed E-state index contributed by atoms with van der Waals surface area (Å²) in [5.74, 6) is 0.625.